The summed E-state index contributed by atoms with van der Waals surface area (Å²) in [5, 5.41) is 44.4. The van der Waals surface area contributed by atoms with Crippen LogP contribution < -0.4 is 0 Å². The average molecular weight is 489 g/mol. The van der Waals surface area contributed by atoms with Gasteiger partial charge in [-0.25, -0.2) is 0 Å². The summed E-state index contributed by atoms with van der Waals surface area (Å²) in [4.78, 5) is 12.8. The van der Waals surface area contributed by atoms with Crippen LogP contribution in [0.3, 0.4) is 0 Å². The Morgan fingerprint density at radius 1 is 0.886 bits per heavy atom. The van der Waals surface area contributed by atoms with Gasteiger partial charge in [-0.15, -0.1) is 0 Å². The Hall–Kier alpha value is -0.910. The van der Waals surface area contributed by atoms with E-state index in [9.17, 15) is 25.2 Å². The van der Waals surface area contributed by atoms with Crippen molar-refractivity contribution in [3.63, 3.8) is 0 Å². The van der Waals surface area contributed by atoms with Crippen LogP contribution in [0, 0.1) is 50.2 Å². The average Bonchev–Trinajstić information content (AvgIpc) is 2.75. The van der Waals surface area contributed by atoms with Crippen molar-refractivity contribution >= 4 is 5.97 Å². The van der Waals surface area contributed by atoms with E-state index in [1.54, 1.807) is 0 Å². The Kier molecular flexibility index (Phi) is 5.40. The molecule has 0 spiro atoms. The molecule has 0 aromatic heterocycles. The van der Waals surface area contributed by atoms with E-state index in [0.717, 1.165) is 32.1 Å². The molecule has 5 nitrogen and oxygen atoms in total. The number of aliphatic hydroxyl groups is 3. The van der Waals surface area contributed by atoms with Gasteiger partial charge in [-0.1, -0.05) is 60.1 Å². The van der Waals surface area contributed by atoms with Crippen molar-refractivity contribution < 1.29 is 25.2 Å². The van der Waals surface area contributed by atoms with E-state index in [2.05, 4.69) is 54.5 Å². The highest BCUT2D eigenvalue weighted by Gasteiger charge is 2.72. The molecule has 0 aromatic carbocycles. The van der Waals surface area contributed by atoms with Gasteiger partial charge in [0.15, 0.2) is 0 Å². The van der Waals surface area contributed by atoms with Gasteiger partial charge in [0.2, 0.25) is 0 Å². The molecule has 198 valence electrons. The van der Waals surface area contributed by atoms with E-state index in [1.165, 1.54) is 5.57 Å². The molecule has 0 aliphatic heterocycles. The molecule has 0 amide bonds. The number of hydrogen-bond acceptors (Lipinski definition) is 4. The van der Waals surface area contributed by atoms with Crippen LogP contribution in [0.15, 0.2) is 11.6 Å². The van der Waals surface area contributed by atoms with Crippen LogP contribution >= 0.6 is 0 Å². The molecule has 5 aliphatic carbocycles. The van der Waals surface area contributed by atoms with E-state index >= 15 is 0 Å². The lowest BCUT2D eigenvalue weighted by Crippen LogP contribution is -2.70. The third-order valence-electron chi connectivity index (χ3n) is 13.1. The smallest absolute Gasteiger partial charge is 0.310 e. The zero-order valence-electron chi connectivity index (χ0n) is 22.9. The summed E-state index contributed by atoms with van der Waals surface area (Å²) >= 11 is 0. The van der Waals surface area contributed by atoms with E-state index < -0.39 is 40.5 Å². The first kappa shape index (κ1) is 25.7. The number of aliphatic hydroxyl groups excluding tert-OH is 3. The van der Waals surface area contributed by atoms with E-state index in [1.807, 2.05) is 0 Å². The summed E-state index contributed by atoms with van der Waals surface area (Å²) in [6.07, 6.45) is 6.24. The van der Waals surface area contributed by atoms with Crippen molar-refractivity contribution in [2.75, 3.05) is 0 Å². The van der Waals surface area contributed by atoms with Crippen LogP contribution in [0.5, 0.6) is 0 Å². The molecule has 0 aromatic rings. The molecule has 4 fully saturated rings. The van der Waals surface area contributed by atoms with Crippen LogP contribution in [0.1, 0.15) is 99.8 Å². The lowest BCUT2D eigenvalue weighted by molar-refractivity contribution is -0.262. The third kappa shape index (κ3) is 3.01. The Labute approximate surface area is 211 Å². The molecule has 5 aliphatic rings. The number of allylic oxidation sites excluding steroid dienone is 2. The van der Waals surface area contributed by atoms with Gasteiger partial charge in [-0.3, -0.25) is 4.79 Å². The van der Waals surface area contributed by atoms with E-state index in [-0.39, 0.29) is 34.0 Å². The normalized spacial score (nSPS) is 54.4. The van der Waals surface area contributed by atoms with Crippen molar-refractivity contribution in [2.45, 2.75) is 118 Å². The molecule has 0 radical (unpaired) electrons. The van der Waals surface area contributed by atoms with Gasteiger partial charge in [0.25, 0.3) is 0 Å². The molecule has 5 heteroatoms. The SMILES string of the molecule is CC1(C)CC[C@]2(C(=O)O)CC[C@]3(C)C(=CC[C@@H]4[C@@]5(C)C[C@@H](O)[C@H](O)C(C)(C)[C@@H]5C[C@H](O)[C@]43C)[C@@H]2C1. The maximum atomic E-state index is 12.8. The summed E-state index contributed by atoms with van der Waals surface area (Å²) in [6.45, 7) is 15.5. The van der Waals surface area contributed by atoms with Gasteiger partial charge < -0.3 is 20.4 Å². The summed E-state index contributed by atoms with van der Waals surface area (Å²) in [5.41, 5.74) is -0.695. The summed E-state index contributed by atoms with van der Waals surface area (Å²) in [6, 6.07) is 0. The van der Waals surface area contributed by atoms with Crippen molar-refractivity contribution in [2.24, 2.45) is 50.2 Å². The quantitative estimate of drug-likeness (QED) is 0.382. The largest absolute Gasteiger partial charge is 0.481 e. The zero-order valence-corrected chi connectivity index (χ0v) is 22.9. The van der Waals surface area contributed by atoms with Gasteiger partial charge in [0.1, 0.15) is 0 Å². The molecule has 0 saturated heterocycles. The Morgan fingerprint density at radius 3 is 2.14 bits per heavy atom. The van der Waals surface area contributed by atoms with Gasteiger partial charge >= 0.3 is 5.97 Å². The molecule has 0 heterocycles. The Morgan fingerprint density at radius 2 is 1.51 bits per heavy atom. The van der Waals surface area contributed by atoms with Gasteiger partial charge in [-0.05, 0) is 90.8 Å². The first-order valence-electron chi connectivity index (χ1n) is 14.0. The second-order valence-corrected chi connectivity index (χ2v) is 15.3. The Bertz CT molecular complexity index is 952. The van der Waals surface area contributed by atoms with Crippen LogP contribution in [-0.4, -0.2) is 44.7 Å². The fourth-order valence-electron chi connectivity index (χ4n) is 10.7. The monoisotopic (exact) mass is 488 g/mol. The predicted octanol–water partition coefficient (Wildman–Crippen LogP) is 5.18. The molecule has 4 N–H and O–H groups in total. The second-order valence-electron chi connectivity index (χ2n) is 15.3. The number of carboxylic acids is 1. The second kappa shape index (κ2) is 7.35. The van der Waals surface area contributed by atoms with Crippen LogP contribution in [0.25, 0.3) is 0 Å². The lowest BCUT2D eigenvalue weighted by Gasteiger charge is -2.72. The van der Waals surface area contributed by atoms with Crippen molar-refractivity contribution in [3.05, 3.63) is 11.6 Å². The van der Waals surface area contributed by atoms with E-state index in [4.69, 9.17) is 0 Å². The molecule has 10 atom stereocenters. The van der Waals surface area contributed by atoms with Crippen molar-refractivity contribution in [1.82, 2.24) is 0 Å². The molecule has 4 saturated carbocycles. The van der Waals surface area contributed by atoms with Gasteiger partial charge in [-0.2, -0.15) is 0 Å². The maximum absolute atomic E-state index is 12.8. The summed E-state index contributed by atoms with van der Waals surface area (Å²) in [5.74, 6) is -0.369. The molecular weight excluding hydrogens is 440 g/mol. The van der Waals surface area contributed by atoms with Gasteiger partial charge in [0.05, 0.1) is 23.7 Å². The topological polar surface area (TPSA) is 98.0 Å². The first-order valence-corrected chi connectivity index (χ1v) is 14.0. The van der Waals surface area contributed by atoms with Crippen molar-refractivity contribution in [3.8, 4) is 0 Å². The minimum atomic E-state index is -0.794. The number of fused-ring (bicyclic) bond motifs is 7. The number of carbonyl (C=O) groups is 1. The summed E-state index contributed by atoms with van der Waals surface area (Å²) < 4.78 is 0. The standard InChI is InChI=1S/C30H48O5/c1-25(2)10-12-30(24(34)35)13-11-28(6)17(18(30)15-25)8-9-20-27(5)16-19(31)23(33)26(3,4)21(27)14-22(32)29(20,28)7/h8,18-23,31-33H,9-16H2,1-7H3,(H,34,35)/t18-,19+,20+,21-,22-,23-,27+,28+,29-,30-/m0/s1. The lowest BCUT2D eigenvalue weighted by atomic mass is 9.32. The molecule has 35 heavy (non-hydrogen) atoms. The third-order valence-corrected chi connectivity index (χ3v) is 13.1. The minimum absolute atomic E-state index is 0.00761. The zero-order chi connectivity index (χ0) is 26.0. The molecule has 0 unspecified atom stereocenters. The highest BCUT2D eigenvalue weighted by Crippen LogP contribution is 2.75. The number of hydrogen-bond donors (Lipinski definition) is 4. The fraction of sp³-hybridized carbons (Fsp3) is 0.900. The van der Waals surface area contributed by atoms with Crippen LogP contribution in [0.4, 0.5) is 0 Å². The molecular formula is C30H48O5. The highest BCUT2D eigenvalue weighted by molar-refractivity contribution is 5.76. The van der Waals surface area contributed by atoms with E-state index in [0.29, 0.717) is 19.3 Å². The maximum Gasteiger partial charge on any atom is 0.310 e. The minimum Gasteiger partial charge on any atom is -0.481 e. The molecule has 5 rings (SSSR count). The van der Waals surface area contributed by atoms with Crippen molar-refractivity contribution in [1.29, 1.82) is 0 Å². The van der Waals surface area contributed by atoms with Gasteiger partial charge in [0, 0.05) is 5.41 Å². The number of rotatable bonds is 1. The van der Waals surface area contributed by atoms with Crippen LogP contribution in [-0.2, 0) is 4.79 Å². The fourth-order valence-corrected chi connectivity index (χ4v) is 10.7. The highest BCUT2D eigenvalue weighted by atomic mass is 16.4. The number of carboxylic acid groups (broad SMARTS) is 1. The summed E-state index contributed by atoms with van der Waals surface area (Å²) in [7, 11) is 0. The number of aliphatic carboxylic acids is 1. The first-order chi connectivity index (χ1) is 16.0. The Balaban J connectivity index is 1.64. The molecule has 0 bridgehead atoms. The predicted molar refractivity (Wildman–Crippen MR) is 135 cm³/mol. The van der Waals surface area contributed by atoms with Crippen LogP contribution in [0.2, 0.25) is 0 Å².